The first-order valence-electron chi connectivity index (χ1n) is 5.38. The summed E-state index contributed by atoms with van der Waals surface area (Å²) in [5, 5.41) is 12.6. The number of alkyl halides is 3. The van der Waals surface area contributed by atoms with Gasteiger partial charge in [-0.15, -0.1) is 0 Å². The van der Waals surface area contributed by atoms with Crippen LogP contribution in [0, 0.1) is 5.41 Å². The highest BCUT2D eigenvalue weighted by Crippen LogP contribution is 2.34. The van der Waals surface area contributed by atoms with Gasteiger partial charge < -0.3 is 15.6 Å². The van der Waals surface area contributed by atoms with E-state index in [-0.39, 0.29) is 11.6 Å². The molecular formula is C12H11F3N4. The number of H-pyrrole nitrogens is 1. The van der Waals surface area contributed by atoms with Crippen molar-refractivity contribution in [1.82, 2.24) is 4.98 Å². The molecule has 4 N–H and O–H groups in total. The Bertz CT molecular complexity index is 561. The Morgan fingerprint density at radius 1 is 1.11 bits per heavy atom. The second-order valence-corrected chi connectivity index (χ2v) is 3.77. The van der Waals surface area contributed by atoms with Gasteiger partial charge in [0.1, 0.15) is 0 Å². The lowest BCUT2D eigenvalue weighted by molar-refractivity contribution is -0.136. The number of hydrogen-bond donors (Lipinski definition) is 4. The van der Waals surface area contributed by atoms with Gasteiger partial charge in [0.15, 0.2) is 5.96 Å². The maximum atomic E-state index is 12.7. The standard InChI is InChI=1S/C12H11F3N4/c13-12(14,15)9-3-1-2-4-10(9)19-11(16)18-8-5-6-17-7-8/h1-7,17H,(H3,16,18,19). The summed E-state index contributed by atoms with van der Waals surface area (Å²) in [6, 6.07) is 6.67. The van der Waals surface area contributed by atoms with Crippen LogP contribution in [0.15, 0.2) is 42.7 Å². The predicted molar refractivity (Wildman–Crippen MR) is 67.2 cm³/mol. The fourth-order valence-electron chi connectivity index (χ4n) is 1.55. The predicted octanol–water partition coefficient (Wildman–Crippen LogP) is 3.49. The van der Waals surface area contributed by atoms with Crippen molar-refractivity contribution < 1.29 is 13.2 Å². The molecule has 0 spiro atoms. The number of nitrogens with one attached hydrogen (secondary N) is 4. The van der Waals surface area contributed by atoms with Crippen LogP contribution in [-0.2, 0) is 6.18 Å². The zero-order chi connectivity index (χ0) is 13.9. The average Bonchev–Trinajstić information content (AvgIpc) is 2.81. The summed E-state index contributed by atoms with van der Waals surface area (Å²) in [6.45, 7) is 0. The maximum absolute atomic E-state index is 12.7. The van der Waals surface area contributed by atoms with Crippen molar-refractivity contribution in [3.63, 3.8) is 0 Å². The number of aromatic nitrogens is 1. The molecule has 0 fully saturated rings. The van der Waals surface area contributed by atoms with Crippen molar-refractivity contribution in [2.24, 2.45) is 0 Å². The lowest BCUT2D eigenvalue weighted by atomic mass is 10.1. The van der Waals surface area contributed by atoms with E-state index in [0.717, 1.165) is 6.07 Å². The molecule has 2 aromatic rings. The topological polar surface area (TPSA) is 63.7 Å². The number of halogens is 3. The Balaban J connectivity index is 2.13. The van der Waals surface area contributed by atoms with E-state index < -0.39 is 11.7 Å². The lowest BCUT2D eigenvalue weighted by Crippen LogP contribution is -2.22. The molecule has 0 aliphatic rings. The van der Waals surface area contributed by atoms with Crippen LogP contribution in [0.3, 0.4) is 0 Å². The second kappa shape index (κ2) is 5.05. The minimum Gasteiger partial charge on any atom is -0.366 e. The highest BCUT2D eigenvalue weighted by molar-refractivity contribution is 6.01. The van der Waals surface area contributed by atoms with Crippen molar-refractivity contribution in [2.75, 3.05) is 10.6 Å². The van der Waals surface area contributed by atoms with E-state index in [0.29, 0.717) is 5.69 Å². The SMILES string of the molecule is N=C(Nc1cc[nH]c1)Nc1ccccc1C(F)(F)F. The molecule has 0 aliphatic heterocycles. The number of hydrogen-bond acceptors (Lipinski definition) is 1. The zero-order valence-corrected chi connectivity index (χ0v) is 9.68. The molecule has 1 aromatic carbocycles. The van der Waals surface area contributed by atoms with Crippen LogP contribution in [0.2, 0.25) is 0 Å². The van der Waals surface area contributed by atoms with Gasteiger partial charge in [-0.3, -0.25) is 5.41 Å². The molecule has 0 bridgehead atoms. The Labute approximate surface area is 107 Å². The number of anilines is 2. The Kier molecular flexibility index (Phi) is 3.46. The van der Waals surface area contributed by atoms with E-state index in [1.807, 2.05) is 0 Å². The van der Waals surface area contributed by atoms with Gasteiger partial charge in [0.05, 0.1) is 16.9 Å². The third-order valence-electron chi connectivity index (χ3n) is 2.36. The van der Waals surface area contributed by atoms with E-state index in [9.17, 15) is 13.2 Å². The third-order valence-corrected chi connectivity index (χ3v) is 2.36. The van der Waals surface area contributed by atoms with Gasteiger partial charge in [0, 0.05) is 12.4 Å². The first-order chi connectivity index (χ1) is 8.97. The quantitative estimate of drug-likeness (QED) is 0.497. The van der Waals surface area contributed by atoms with E-state index in [1.54, 1.807) is 18.5 Å². The molecule has 100 valence electrons. The van der Waals surface area contributed by atoms with Gasteiger partial charge in [0.2, 0.25) is 0 Å². The maximum Gasteiger partial charge on any atom is 0.418 e. The molecule has 7 heteroatoms. The smallest absolute Gasteiger partial charge is 0.366 e. The zero-order valence-electron chi connectivity index (χ0n) is 9.68. The summed E-state index contributed by atoms with van der Waals surface area (Å²) >= 11 is 0. The second-order valence-electron chi connectivity index (χ2n) is 3.77. The largest absolute Gasteiger partial charge is 0.418 e. The van der Waals surface area contributed by atoms with E-state index in [1.165, 1.54) is 18.2 Å². The van der Waals surface area contributed by atoms with Crippen LogP contribution in [0.1, 0.15) is 5.56 Å². The first-order valence-corrected chi connectivity index (χ1v) is 5.38. The molecule has 2 rings (SSSR count). The monoisotopic (exact) mass is 268 g/mol. The van der Waals surface area contributed by atoms with Gasteiger partial charge >= 0.3 is 6.18 Å². The van der Waals surface area contributed by atoms with Gasteiger partial charge in [-0.2, -0.15) is 13.2 Å². The summed E-state index contributed by atoms with van der Waals surface area (Å²) in [5.74, 6) is -0.240. The number of guanidine groups is 1. The lowest BCUT2D eigenvalue weighted by Gasteiger charge is -2.15. The van der Waals surface area contributed by atoms with Crippen LogP contribution in [0.5, 0.6) is 0 Å². The van der Waals surface area contributed by atoms with Crippen molar-refractivity contribution in [1.29, 1.82) is 5.41 Å². The van der Waals surface area contributed by atoms with E-state index >= 15 is 0 Å². The van der Waals surface area contributed by atoms with E-state index in [2.05, 4.69) is 15.6 Å². The molecule has 0 aliphatic carbocycles. The molecule has 19 heavy (non-hydrogen) atoms. The van der Waals surface area contributed by atoms with Crippen LogP contribution >= 0.6 is 0 Å². The van der Waals surface area contributed by atoms with Gasteiger partial charge in [-0.05, 0) is 18.2 Å². The molecule has 1 heterocycles. The Hall–Kier alpha value is -2.44. The van der Waals surface area contributed by atoms with E-state index in [4.69, 9.17) is 5.41 Å². The molecule has 0 unspecified atom stereocenters. The number of benzene rings is 1. The van der Waals surface area contributed by atoms with Crippen molar-refractivity contribution >= 4 is 17.3 Å². The van der Waals surface area contributed by atoms with Crippen molar-refractivity contribution in [3.8, 4) is 0 Å². The fraction of sp³-hybridized carbons (Fsp3) is 0.0833. The van der Waals surface area contributed by atoms with Crippen LogP contribution in [-0.4, -0.2) is 10.9 Å². The molecule has 0 amide bonds. The molecule has 0 saturated carbocycles. The summed E-state index contributed by atoms with van der Waals surface area (Å²) in [5.41, 5.74) is -0.388. The third kappa shape index (κ3) is 3.27. The van der Waals surface area contributed by atoms with Gasteiger partial charge in [-0.1, -0.05) is 12.1 Å². The summed E-state index contributed by atoms with van der Waals surface area (Å²) in [6.07, 6.45) is -1.23. The summed E-state index contributed by atoms with van der Waals surface area (Å²) < 4.78 is 38.2. The number of rotatable bonds is 2. The molecule has 0 radical (unpaired) electrons. The molecular weight excluding hydrogens is 257 g/mol. The average molecular weight is 268 g/mol. The molecule has 4 nitrogen and oxygen atoms in total. The normalized spacial score (nSPS) is 11.1. The minimum atomic E-state index is -4.46. The first kappa shape index (κ1) is 13.0. The highest BCUT2D eigenvalue weighted by Gasteiger charge is 2.33. The van der Waals surface area contributed by atoms with Crippen molar-refractivity contribution in [3.05, 3.63) is 48.3 Å². The Morgan fingerprint density at radius 2 is 1.84 bits per heavy atom. The molecule has 0 atom stereocenters. The van der Waals surface area contributed by atoms with Crippen LogP contribution < -0.4 is 10.6 Å². The minimum absolute atomic E-state index is 0.164. The van der Waals surface area contributed by atoms with Crippen LogP contribution in [0.25, 0.3) is 0 Å². The number of aromatic amines is 1. The molecule has 1 aromatic heterocycles. The highest BCUT2D eigenvalue weighted by atomic mass is 19.4. The van der Waals surface area contributed by atoms with Gasteiger partial charge in [-0.25, -0.2) is 0 Å². The number of para-hydroxylation sites is 1. The molecule has 0 saturated heterocycles. The van der Waals surface area contributed by atoms with Crippen molar-refractivity contribution in [2.45, 2.75) is 6.18 Å². The Morgan fingerprint density at radius 3 is 2.47 bits per heavy atom. The summed E-state index contributed by atoms with van der Waals surface area (Å²) in [7, 11) is 0. The fourth-order valence-corrected chi connectivity index (χ4v) is 1.55. The summed E-state index contributed by atoms with van der Waals surface area (Å²) in [4.78, 5) is 2.77. The van der Waals surface area contributed by atoms with Crippen LogP contribution in [0.4, 0.5) is 24.5 Å². The van der Waals surface area contributed by atoms with Gasteiger partial charge in [0.25, 0.3) is 0 Å².